The number of carbonyl (C=O) groups is 2. The summed E-state index contributed by atoms with van der Waals surface area (Å²) in [7, 11) is 0. The van der Waals surface area contributed by atoms with E-state index in [-0.39, 0.29) is 11.9 Å². The zero-order valence-electron chi connectivity index (χ0n) is 16.4. The first kappa shape index (κ1) is 20.1. The van der Waals surface area contributed by atoms with Crippen molar-refractivity contribution in [1.29, 1.82) is 0 Å². The summed E-state index contributed by atoms with van der Waals surface area (Å²) in [5.74, 6) is 0.240. The predicted octanol–water partition coefficient (Wildman–Crippen LogP) is 3.46. The van der Waals surface area contributed by atoms with Gasteiger partial charge in [0, 0.05) is 11.3 Å². The van der Waals surface area contributed by atoms with Crippen molar-refractivity contribution in [3.63, 3.8) is 0 Å². The third-order valence-corrected chi connectivity index (χ3v) is 5.70. The Labute approximate surface area is 166 Å². The van der Waals surface area contributed by atoms with Crippen LogP contribution in [0.15, 0.2) is 54.6 Å². The highest BCUT2D eigenvalue weighted by Gasteiger charge is 2.26. The molecule has 0 aliphatic carbocycles. The summed E-state index contributed by atoms with van der Waals surface area (Å²) < 4.78 is 0. The standard InChI is InChI=1S/C23H29N3O2/c1-17(23(28)25-21-11-9-20(10-12-21)22(24)27)26-15-13-19(14-16-26)8-7-18-5-3-2-4-6-18/h2-6,9-12,17,19H,7-8,13-16H2,1H3,(H2,24,27)(H,25,28). The highest BCUT2D eigenvalue weighted by molar-refractivity contribution is 5.96. The number of nitrogens with two attached hydrogens (primary N) is 1. The summed E-state index contributed by atoms with van der Waals surface area (Å²) in [5.41, 5.74) is 7.76. The number of hydrogen-bond donors (Lipinski definition) is 2. The lowest BCUT2D eigenvalue weighted by molar-refractivity contribution is -0.121. The van der Waals surface area contributed by atoms with Crippen LogP contribution in [-0.2, 0) is 11.2 Å². The Morgan fingerprint density at radius 3 is 2.32 bits per heavy atom. The minimum Gasteiger partial charge on any atom is -0.366 e. The fourth-order valence-electron chi connectivity index (χ4n) is 3.77. The minimum absolute atomic E-state index is 0.0189. The van der Waals surface area contributed by atoms with Gasteiger partial charge in [-0.25, -0.2) is 0 Å². The van der Waals surface area contributed by atoms with Crippen LogP contribution in [-0.4, -0.2) is 35.8 Å². The number of primary amides is 1. The Kier molecular flexibility index (Phi) is 6.82. The number of hydrogen-bond acceptors (Lipinski definition) is 3. The molecule has 5 heteroatoms. The number of amides is 2. The van der Waals surface area contributed by atoms with Gasteiger partial charge in [-0.2, -0.15) is 0 Å². The van der Waals surface area contributed by atoms with Crippen LogP contribution in [0.4, 0.5) is 5.69 Å². The lowest BCUT2D eigenvalue weighted by Crippen LogP contribution is -2.46. The van der Waals surface area contributed by atoms with Crippen molar-refractivity contribution >= 4 is 17.5 Å². The van der Waals surface area contributed by atoms with Gasteiger partial charge in [0.05, 0.1) is 6.04 Å². The van der Waals surface area contributed by atoms with Crippen molar-refractivity contribution in [1.82, 2.24) is 4.90 Å². The number of benzene rings is 2. The molecule has 0 spiro atoms. The number of nitrogens with zero attached hydrogens (tertiary/aromatic N) is 1. The molecular formula is C23H29N3O2. The van der Waals surface area contributed by atoms with Crippen molar-refractivity contribution < 1.29 is 9.59 Å². The average Bonchev–Trinajstić information content (AvgIpc) is 2.73. The van der Waals surface area contributed by atoms with E-state index in [4.69, 9.17) is 5.73 Å². The van der Waals surface area contributed by atoms with Crippen LogP contribution in [0.3, 0.4) is 0 Å². The van der Waals surface area contributed by atoms with Crippen LogP contribution in [0.2, 0.25) is 0 Å². The maximum Gasteiger partial charge on any atom is 0.248 e. The molecule has 1 aliphatic heterocycles. The molecule has 0 bridgehead atoms. The van der Waals surface area contributed by atoms with Gasteiger partial charge in [-0.05, 0) is 81.4 Å². The summed E-state index contributed by atoms with van der Waals surface area (Å²) in [6.07, 6.45) is 4.61. The van der Waals surface area contributed by atoms with Gasteiger partial charge in [-0.3, -0.25) is 14.5 Å². The summed E-state index contributed by atoms with van der Waals surface area (Å²) in [6, 6.07) is 17.1. The molecule has 3 rings (SSSR count). The molecule has 3 N–H and O–H groups in total. The normalized spacial score (nSPS) is 16.5. The average molecular weight is 380 g/mol. The fraction of sp³-hybridized carbons (Fsp3) is 0.391. The zero-order chi connectivity index (χ0) is 19.9. The van der Waals surface area contributed by atoms with Crippen LogP contribution < -0.4 is 11.1 Å². The van der Waals surface area contributed by atoms with Gasteiger partial charge >= 0.3 is 0 Å². The molecule has 1 heterocycles. The van der Waals surface area contributed by atoms with E-state index in [1.165, 1.54) is 12.0 Å². The SMILES string of the molecule is CC(C(=O)Nc1ccc(C(N)=O)cc1)N1CCC(CCc2ccccc2)CC1. The molecule has 1 fully saturated rings. The Bertz CT molecular complexity index is 781. The van der Waals surface area contributed by atoms with Gasteiger partial charge in [0.1, 0.15) is 0 Å². The summed E-state index contributed by atoms with van der Waals surface area (Å²) in [5, 5.41) is 2.93. The molecule has 1 aliphatic rings. The van der Waals surface area contributed by atoms with Gasteiger partial charge in [0.15, 0.2) is 0 Å². The van der Waals surface area contributed by atoms with E-state index >= 15 is 0 Å². The molecule has 2 aromatic rings. The Morgan fingerprint density at radius 1 is 1.07 bits per heavy atom. The quantitative estimate of drug-likeness (QED) is 0.774. The van der Waals surface area contributed by atoms with E-state index in [9.17, 15) is 9.59 Å². The molecule has 2 aromatic carbocycles. The molecule has 0 aromatic heterocycles. The van der Waals surface area contributed by atoms with Gasteiger partial charge < -0.3 is 11.1 Å². The monoisotopic (exact) mass is 379 g/mol. The molecule has 28 heavy (non-hydrogen) atoms. The highest BCUT2D eigenvalue weighted by atomic mass is 16.2. The second kappa shape index (κ2) is 9.51. The number of rotatable bonds is 7. The van der Waals surface area contributed by atoms with Crippen LogP contribution in [0.25, 0.3) is 0 Å². The van der Waals surface area contributed by atoms with Crippen LogP contribution in [0.1, 0.15) is 42.1 Å². The van der Waals surface area contributed by atoms with Gasteiger partial charge in [0.2, 0.25) is 11.8 Å². The van der Waals surface area contributed by atoms with Crippen molar-refractivity contribution in [2.45, 2.75) is 38.6 Å². The fourth-order valence-corrected chi connectivity index (χ4v) is 3.77. The minimum atomic E-state index is -0.471. The summed E-state index contributed by atoms with van der Waals surface area (Å²) in [4.78, 5) is 26.0. The molecule has 1 unspecified atom stereocenters. The lowest BCUT2D eigenvalue weighted by atomic mass is 9.90. The van der Waals surface area contributed by atoms with Crippen molar-refractivity contribution in [2.75, 3.05) is 18.4 Å². The maximum atomic E-state index is 12.6. The number of nitrogens with one attached hydrogen (secondary N) is 1. The first-order valence-corrected chi connectivity index (χ1v) is 10.0. The molecule has 148 valence electrons. The third kappa shape index (κ3) is 5.42. The predicted molar refractivity (Wildman–Crippen MR) is 112 cm³/mol. The summed E-state index contributed by atoms with van der Waals surface area (Å²) >= 11 is 0. The van der Waals surface area contributed by atoms with E-state index in [2.05, 4.69) is 40.5 Å². The molecular weight excluding hydrogens is 350 g/mol. The maximum absolute atomic E-state index is 12.6. The second-order valence-corrected chi connectivity index (χ2v) is 7.61. The van der Waals surface area contributed by atoms with E-state index in [0.717, 1.165) is 38.3 Å². The zero-order valence-corrected chi connectivity index (χ0v) is 16.4. The number of likely N-dealkylation sites (tertiary alicyclic amines) is 1. The number of anilines is 1. The first-order chi connectivity index (χ1) is 13.5. The summed E-state index contributed by atoms with van der Waals surface area (Å²) in [6.45, 7) is 3.86. The van der Waals surface area contributed by atoms with E-state index in [1.807, 2.05) is 6.92 Å². The van der Waals surface area contributed by atoms with Crippen molar-refractivity contribution in [3.8, 4) is 0 Å². The highest BCUT2D eigenvalue weighted by Crippen LogP contribution is 2.24. The smallest absolute Gasteiger partial charge is 0.248 e. The van der Waals surface area contributed by atoms with Gasteiger partial charge in [0.25, 0.3) is 0 Å². The Balaban J connectivity index is 1.44. The second-order valence-electron chi connectivity index (χ2n) is 7.61. The molecule has 1 saturated heterocycles. The molecule has 5 nitrogen and oxygen atoms in total. The van der Waals surface area contributed by atoms with Crippen molar-refractivity contribution in [2.24, 2.45) is 11.7 Å². The first-order valence-electron chi connectivity index (χ1n) is 10.0. The molecule has 2 amide bonds. The Morgan fingerprint density at radius 2 is 1.71 bits per heavy atom. The number of piperidine rings is 1. The van der Waals surface area contributed by atoms with Gasteiger partial charge in [-0.1, -0.05) is 30.3 Å². The van der Waals surface area contributed by atoms with E-state index in [1.54, 1.807) is 24.3 Å². The van der Waals surface area contributed by atoms with E-state index in [0.29, 0.717) is 11.3 Å². The van der Waals surface area contributed by atoms with Crippen LogP contribution in [0.5, 0.6) is 0 Å². The Hall–Kier alpha value is -2.66. The van der Waals surface area contributed by atoms with Crippen LogP contribution >= 0.6 is 0 Å². The largest absolute Gasteiger partial charge is 0.366 e. The number of carbonyl (C=O) groups excluding carboxylic acids is 2. The lowest BCUT2D eigenvalue weighted by Gasteiger charge is -2.35. The topological polar surface area (TPSA) is 75.4 Å². The number of aryl methyl sites for hydroxylation is 1. The van der Waals surface area contributed by atoms with Crippen LogP contribution in [0, 0.1) is 5.92 Å². The van der Waals surface area contributed by atoms with Crippen molar-refractivity contribution in [3.05, 3.63) is 65.7 Å². The molecule has 1 atom stereocenters. The van der Waals surface area contributed by atoms with Gasteiger partial charge in [-0.15, -0.1) is 0 Å². The molecule has 0 radical (unpaired) electrons. The molecule has 0 saturated carbocycles. The van der Waals surface area contributed by atoms with E-state index < -0.39 is 5.91 Å². The third-order valence-electron chi connectivity index (χ3n) is 5.70.